The maximum atomic E-state index is 6.81. The first-order valence-corrected chi connectivity index (χ1v) is 17.3. The minimum absolute atomic E-state index is 0.848. The van der Waals surface area contributed by atoms with Crippen molar-refractivity contribution in [2.45, 2.75) is 0 Å². The fourth-order valence-electron chi connectivity index (χ4n) is 8.06. The summed E-state index contributed by atoms with van der Waals surface area (Å²) in [6.07, 6.45) is 0. The summed E-state index contributed by atoms with van der Waals surface area (Å²) in [7, 11) is 0. The van der Waals surface area contributed by atoms with Gasteiger partial charge < -0.3 is 13.7 Å². The highest BCUT2D eigenvalue weighted by Gasteiger charge is 2.23. The van der Waals surface area contributed by atoms with Crippen LogP contribution in [0.2, 0.25) is 0 Å². The highest BCUT2D eigenvalue weighted by Crippen LogP contribution is 2.48. The van der Waals surface area contributed by atoms with E-state index < -0.39 is 0 Å². The number of anilines is 3. The largest absolute Gasteiger partial charge is 0.455 e. The Morgan fingerprint density at radius 2 is 0.863 bits per heavy atom. The van der Waals surface area contributed by atoms with Crippen LogP contribution in [0.1, 0.15) is 0 Å². The summed E-state index contributed by atoms with van der Waals surface area (Å²) >= 11 is 0. The van der Waals surface area contributed by atoms with Crippen molar-refractivity contribution < 1.29 is 8.83 Å². The minimum atomic E-state index is 0.848. The summed E-state index contributed by atoms with van der Waals surface area (Å²) in [6.45, 7) is 0. The monoisotopic (exact) mass is 651 g/mol. The van der Waals surface area contributed by atoms with Crippen molar-refractivity contribution in [3.8, 4) is 11.1 Å². The van der Waals surface area contributed by atoms with E-state index in [1.54, 1.807) is 0 Å². The van der Waals surface area contributed by atoms with Gasteiger partial charge in [0.2, 0.25) is 0 Å². The number of nitrogens with zero attached hydrogens (tertiary/aromatic N) is 1. The molecular formula is C48H29NO2. The number of para-hydroxylation sites is 2. The Bertz CT molecular complexity index is 3090. The van der Waals surface area contributed by atoms with Crippen molar-refractivity contribution in [2.75, 3.05) is 4.90 Å². The molecule has 0 atom stereocenters. The molecule has 0 amide bonds. The van der Waals surface area contributed by atoms with Crippen LogP contribution in [0.4, 0.5) is 17.1 Å². The zero-order chi connectivity index (χ0) is 33.5. The number of benzene rings is 9. The molecule has 51 heavy (non-hydrogen) atoms. The normalized spacial score (nSPS) is 11.9. The lowest BCUT2D eigenvalue weighted by atomic mass is 9.95. The number of furan rings is 2. The van der Waals surface area contributed by atoms with Crippen LogP contribution in [0.3, 0.4) is 0 Å². The summed E-state index contributed by atoms with van der Waals surface area (Å²) in [5.74, 6) is 0. The molecule has 3 heteroatoms. The van der Waals surface area contributed by atoms with E-state index in [1.165, 1.54) is 21.5 Å². The fourth-order valence-corrected chi connectivity index (χ4v) is 8.06. The first kappa shape index (κ1) is 28.0. The van der Waals surface area contributed by atoms with Gasteiger partial charge >= 0.3 is 0 Å². The number of fused-ring (bicyclic) bond motifs is 10. The van der Waals surface area contributed by atoms with E-state index in [4.69, 9.17) is 8.83 Å². The van der Waals surface area contributed by atoms with E-state index in [9.17, 15) is 0 Å². The number of rotatable bonds is 4. The Hall–Kier alpha value is -6.84. The lowest BCUT2D eigenvalue weighted by molar-refractivity contribution is 0.670. The number of hydrogen-bond donors (Lipinski definition) is 0. The molecule has 11 aromatic rings. The summed E-state index contributed by atoms with van der Waals surface area (Å²) in [5.41, 5.74) is 8.90. The van der Waals surface area contributed by atoms with Crippen LogP contribution in [-0.2, 0) is 0 Å². The van der Waals surface area contributed by atoms with Gasteiger partial charge in [0.25, 0.3) is 0 Å². The van der Waals surface area contributed by atoms with Gasteiger partial charge in [0.1, 0.15) is 22.3 Å². The van der Waals surface area contributed by atoms with E-state index in [1.807, 2.05) is 12.1 Å². The third-order valence-corrected chi connectivity index (χ3v) is 10.4. The lowest BCUT2D eigenvalue weighted by Crippen LogP contribution is -2.10. The van der Waals surface area contributed by atoms with Gasteiger partial charge in [-0.05, 0) is 69.6 Å². The molecule has 0 saturated carbocycles. The molecule has 238 valence electrons. The fraction of sp³-hybridized carbons (Fsp3) is 0. The molecule has 2 aromatic heterocycles. The van der Waals surface area contributed by atoms with Gasteiger partial charge in [0, 0.05) is 49.3 Å². The van der Waals surface area contributed by atoms with E-state index in [-0.39, 0.29) is 0 Å². The average Bonchev–Trinajstić information content (AvgIpc) is 3.77. The third-order valence-electron chi connectivity index (χ3n) is 10.4. The SMILES string of the molecule is c1ccc2cc(N(c3ccc4ccccc4c3)c3cc4c(oc5cccc(-c6cccc7c6oc6ccccc67)c54)c4ccccc34)ccc2c1. The molecule has 2 heterocycles. The second-order valence-electron chi connectivity index (χ2n) is 13.3. The van der Waals surface area contributed by atoms with Crippen LogP contribution in [0, 0.1) is 0 Å². The van der Waals surface area contributed by atoms with Crippen LogP contribution >= 0.6 is 0 Å². The van der Waals surface area contributed by atoms with Crippen LogP contribution in [-0.4, -0.2) is 0 Å². The zero-order valence-electron chi connectivity index (χ0n) is 27.5. The van der Waals surface area contributed by atoms with E-state index in [2.05, 4.69) is 169 Å². The van der Waals surface area contributed by atoms with Gasteiger partial charge in [0.15, 0.2) is 0 Å². The molecule has 0 radical (unpaired) electrons. The van der Waals surface area contributed by atoms with E-state index >= 15 is 0 Å². The van der Waals surface area contributed by atoms with Gasteiger partial charge in [-0.15, -0.1) is 0 Å². The van der Waals surface area contributed by atoms with E-state index in [0.717, 1.165) is 82.8 Å². The lowest BCUT2D eigenvalue weighted by Gasteiger charge is -2.28. The Balaban J connectivity index is 1.24. The second kappa shape index (κ2) is 10.8. The zero-order valence-corrected chi connectivity index (χ0v) is 27.5. The third kappa shape index (κ3) is 4.25. The van der Waals surface area contributed by atoms with Crippen LogP contribution in [0.25, 0.3) is 87.3 Å². The Morgan fingerprint density at radius 3 is 1.61 bits per heavy atom. The van der Waals surface area contributed by atoms with Crippen molar-refractivity contribution in [3.05, 3.63) is 176 Å². The molecule has 11 rings (SSSR count). The van der Waals surface area contributed by atoms with Crippen molar-refractivity contribution >= 4 is 93.3 Å². The summed E-state index contributed by atoms with van der Waals surface area (Å²) in [6, 6.07) is 62.6. The highest BCUT2D eigenvalue weighted by atomic mass is 16.3. The van der Waals surface area contributed by atoms with Gasteiger partial charge in [-0.25, -0.2) is 0 Å². The average molecular weight is 652 g/mol. The minimum Gasteiger partial charge on any atom is -0.455 e. The molecule has 0 N–H and O–H groups in total. The summed E-state index contributed by atoms with van der Waals surface area (Å²) in [5, 5.41) is 11.4. The van der Waals surface area contributed by atoms with E-state index in [0.29, 0.717) is 0 Å². The molecule has 0 aliphatic heterocycles. The second-order valence-corrected chi connectivity index (χ2v) is 13.3. The Morgan fingerprint density at radius 1 is 0.333 bits per heavy atom. The van der Waals surface area contributed by atoms with Crippen molar-refractivity contribution in [3.63, 3.8) is 0 Å². The molecule has 0 aliphatic carbocycles. The Kier molecular flexibility index (Phi) is 5.96. The van der Waals surface area contributed by atoms with Crippen LogP contribution in [0.5, 0.6) is 0 Å². The first-order valence-electron chi connectivity index (χ1n) is 17.3. The molecule has 0 fully saturated rings. The number of hydrogen-bond acceptors (Lipinski definition) is 3. The quantitative estimate of drug-likeness (QED) is 0.190. The molecule has 9 aromatic carbocycles. The summed E-state index contributed by atoms with van der Waals surface area (Å²) in [4.78, 5) is 2.40. The molecule has 0 spiro atoms. The topological polar surface area (TPSA) is 29.5 Å². The van der Waals surface area contributed by atoms with Crippen molar-refractivity contribution in [1.29, 1.82) is 0 Å². The predicted molar refractivity (Wildman–Crippen MR) is 214 cm³/mol. The molecular weight excluding hydrogens is 623 g/mol. The maximum absolute atomic E-state index is 6.81. The Labute approximate surface area is 293 Å². The summed E-state index contributed by atoms with van der Waals surface area (Å²) < 4.78 is 13.4. The molecule has 0 aliphatic rings. The van der Waals surface area contributed by atoms with Crippen LogP contribution in [0.15, 0.2) is 185 Å². The molecule has 0 bridgehead atoms. The highest BCUT2D eigenvalue weighted by molar-refractivity contribution is 6.24. The molecule has 3 nitrogen and oxygen atoms in total. The van der Waals surface area contributed by atoms with Gasteiger partial charge in [-0.2, -0.15) is 0 Å². The predicted octanol–water partition coefficient (Wildman–Crippen LogP) is 14.1. The van der Waals surface area contributed by atoms with Crippen LogP contribution < -0.4 is 4.90 Å². The van der Waals surface area contributed by atoms with Crippen molar-refractivity contribution in [2.24, 2.45) is 0 Å². The molecule has 0 unspecified atom stereocenters. The smallest absolute Gasteiger partial charge is 0.143 e. The first-order chi connectivity index (χ1) is 25.3. The van der Waals surface area contributed by atoms with Gasteiger partial charge in [-0.3, -0.25) is 0 Å². The van der Waals surface area contributed by atoms with Crippen molar-refractivity contribution in [1.82, 2.24) is 0 Å². The van der Waals surface area contributed by atoms with Gasteiger partial charge in [0.05, 0.1) is 5.69 Å². The molecule has 0 saturated heterocycles. The van der Waals surface area contributed by atoms with Gasteiger partial charge in [-0.1, -0.05) is 133 Å². The maximum Gasteiger partial charge on any atom is 0.143 e. The standard InChI is InChI=1S/C48H29NO2/c1-3-13-32-27-34(25-23-30(32)11-1)49(35-26-24-31-12-2-4-14-33(31)28-35)43-29-42-46-38(18-10-22-45(46)51-48(42)39-17-6-5-15-36(39)43)41-20-9-19-40-37-16-7-8-21-44(37)50-47(40)41/h1-29H.